The van der Waals surface area contributed by atoms with Gasteiger partial charge < -0.3 is 14.9 Å². The van der Waals surface area contributed by atoms with E-state index in [0.29, 0.717) is 30.1 Å². The lowest BCUT2D eigenvalue weighted by molar-refractivity contribution is -0.232. The number of benzene rings is 1. The van der Waals surface area contributed by atoms with E-state index in [2.05, 4.69) is 10.2 Å². The quantitative estimate of drug-likeness (QED) is 0.847. The number of halogens is 3. The Kier molecular flexibility index (Phi) is 6.02. The van der Waals surface area contributed by atoms with Gasteiger partial charge >= 0.3 is 18.2 Å². The molecule has 24 heavy (non-hydrogen) atoms. The molecule has 1 aliphatic rings. The summed E-state index contributed by atoms with van der Waals surface area (Å²) < 4.78 is 42.1. The van der Waals surface area contributed by atoms with Crippen LogP contribution in [0.4, 0.5) is 18.0 Å². The smallest absolute Gasteiger partial charge is 0.442 e. The highest BCUT2D eigenvalue weighted by Crippen LogP contribution is 2.19. The fraction of sp³-hybridized carbons (Fsp3) is 0.467. The Morgan fingerprint density at radius 2 is 1.96 bits per heavy atom. The summed E-state index contributed by atoms with van der Waals surface area (Å²) in [5.74, 6) is -2.57. The first-order chi connectivity index (χ1) is 11.4. The van der Waals surface area contributed by atoms with Crippen LogP contribution >= 0.6 is 0 Å². The summed E-state index contributed by atoms with van der Waals surface area (Å²) in [6.07, 6.45) is -5.67. The minimum atomic E-state index is -5.19. The Balaban J connectivity index is 1.97. The fourth-order valence-corrected chi connectivity index (χ4v) is 2.20. The number of carbonyl (C=O) groups is 2. The summed E-state index contributed by atoms with van der Waals surface area (Å²) in [7, 11) is 0. The Morgan fingerprint density at radius 3 is 2.54 bits per heavy atom. The lowest BCUT2D eigenvalue weighted by atomic mass is 10.1. The van der Waals surface area contributed by atoms with Crippen LogP contribution in [0.25, 0.3) is 0 Å². The van der Waals surface area contributed by atoms with Gasteiger partial charge in [0.1, 0.15) is 6.61 Å². The van der Waals surface area contributed by atoms with Crippen LogP contribution in [0.15, 0.2) is 30.3 Å². The van der Waals surface area contributed by atoms with Crippen molar-refractivity contribution < 1.29 is 32.3 Å². The van der Waals surface area contributed by atoms with E-state index in [1.807, 2.05) is 0 Å². The highest BCUT2D eigenvalue weighted by molar-refractivity contribution is 5.77. The number of hydrogen-bond donors (Lipinski definition) is 1. The van der Waals surface area contributed by atoms with E-state index >= 15 is 0 Å². The Labute approximate surface area is 136 Å². The number of ether oxygens (including phenoxy) is 1. The fourth-order valence-electron chi connectivity index (χ4n) is 2.20. The summed E-state index contributed by atoms with van der Waals surface area (Å²) >= 11 is 0. The summed E-state index contributed by atoms with van der Waals surface area (Å²) in [6, 6.07) is 8.62. The van der Waals surface area contributed by atoms with Crippen LogP contribution in [0.5, 0.6) is 0 Å². The van der Waals surface area contributed by atoms with E-state index < -0.39 is 18.2 Å². The second-order valence-electron chi connectivity index (χ2n) is 5.34. The van der Waals surface area contributed by atoms with Gasteiger partial charge in [-0.1, -0.05) is 30.3 Å². The molecule has 1 atom stereocenters. The third-order valence-corrected chi connectivity index (χ3v) is 3.42. The van der Waals surface area contributed by atoms with Crippen LogP contribution in [0.1, 0.15) is 12.0 Å². The van der Waals surface area contributed by atoms with Crippen LogP contribution < -0.4 is 5.32 Å². The van der Waals surface area contributed by atoms with Gasteiger partial charge in [0, 0.05) is 0 Å². The molecule has 0 unspecified atom stereocenters. The number of nitrogens with zero attached hydrogens (tertiary/aromatic N) is 1. The number of alkyl halides is 3. The molecule has 132 valence electrons. The molecule has 0 radical (unpaired) electrons. The monoisotopic (exact) mass is 346 g/mol. The predicted molar refractivity (Wildman–Crippen MR) is 76.5 cm³/mol. The maximum Gasteiger partial charge on any atom is 0.493 e. The molecule has 2 rings (SSSR count). The second kappa shape index (κ2) is 8.00. The molecule has 9 heteroatoms. The SMILES string of the molecule is O=C(OCc1ccccc1)N(C[C@@H]1CCNC1)OC(=O)C(F)(F)F. The third kappa shape index (κ3) is 5.41. The van der Waals surface area contributed by atoms with Crippen molar-refractivity contribution in [2.24, 2.45) is 5.92 Å². The zero-order valence-corrected chi connectivity index (χ0v) is 12.7. The van der Waals surface area contributed by atoms with Gasteiger partial charge in [-0.25, -0.2) is 9.59 Å². The molecule has 1 aromatic carbocycles. The second-order valence-corrected chi connectivity index (χ2v) is 5.34. The minimum absolute atomic E-state index is 0.115. The number of hydrogen-bond acceptors (Lipinski definition) is 5. The molecule has 1 aromatic rings. The maximum absolute atomic E-state index is 12.4. The zero-order chi connectivity index (χ0) is 17.6. The normalized spacial score (nSPS) is 17.4. The van der Waals surface area contributed by atoms with E-state index in [1.54, 1.807) is 30.3 Å². The lowest BCUT2D eigenvalue weighted by Gasteiger charge is -2.23. The Morgan fingerprint density at radius 1 is 1.25 bits per heavy atom. The largest absolute Gasteiger partial charge is 0.493 e. The standard InChI is InChI=1S/C15H17F3N2O4/c16-15(17,18)13(21)24-20(9-12-6-7-19-8-12)14(22)23-10-11-4-2-1-3-5-11/h1-5,12,19H,6-10H2/t12-/m1/s1. The van der Waals surface area contributed by atoms with Crippen molar-refractivity contribution in [3.63, 3.8) is 0 Å². The summed E-state index contributed by atoms with van der Waals surface area (Å²) in [5.41, 5.74) is 0.662. The van der Waals surface area contributed by atoms with Gasteiger partial charge in [-0.3, -0.25) is 0 Å². The lowest BCUT2D eigenvalue weighted by Crippen LogP contribution is -2.41. The Bertz CT molecular complexity index is 560. The minimum Gasteiger partial charge on any atom is -0.442 e. The zero-order valence-electron chi connectivity index (χ0n) is 12.7. The third-order valence-electron chi connectivity index (χ3n) is 3.42. The average Bonchev–Trinajstić information content (AvgIpc) is 3.05. The van der Waals surface area contributed by atoms with Crippen molar-refractivity contribution in [1.29, 1.82) is 0 Å². The van der Waals surface area contributed by atoms with Crippen molar-refractivity contribution in [3.8, 4) is 0 Å². The van der Waals surface area contributed by atoms with Gasteiger partial charge in [-0.15, -0.1) is 5.06 Å². The molecule has 0 aliphatic carbocycles. The molecule has 0 spiro atoms. The molecule has 0 saturated carbocycles. The molecule has 1 N–H and O–H groups in total. The number of rotatable bonds is 4. The van der Waals surface area contributed by atoms with Gasteiger partial charge in [0.15, 0.2) is 0 Å². The maximum atomic E-state index is 12.4. The predicted octanol–water partition coefficient (Wildman–Crippen LogP) is 2.26. The van der Waals surface area contributed by atoms with E-state index in [-0.39, 0.29) is 19.1 Å². The molecule has 0 aromatic heterocycles. The van der Waals surface area contributed by atoms with Crippen LogP contribution in [-0.2, 0) is 21.0 Å². The number of carbonyl (C=O) groups excluding carboxylic acids is 2. The van der Waals surface area contributed by atoms with Crippen molar-refractivity contribution in [1.82, 2.24) is 10.4 Å². The molecule has 1 saturated heterocycles. The Hall–Kier alpha value is -2.29. The molecular formula is C15H17F3N2O4. The molecule has 6 nitrogen and oxygen atoms in total. The first kappa shape index (κ1) is 18.1. The summed E-state index contributed by atoms with van der Waals surface area (Å²) in [4.78, 5) is 27.2. The summed E-state index contributed by atoms with van der Waals surface area (Å²) in [5, 5.41) is 3.36. The highest BCUT2D eigenvalue weighted by atomic mass is 19.4. The first-order valence-corrected chi connectivity index (χ1v) is 7.34. The molecule has 1 aliphatic heterocycles. The van der Waals surface area contributed by atoms with E-state index in [9.17, 15) is 22.8 Å². The van der Waals surface area contributed by atoms with Crippen molar-refractivity contribution in [3.05, 3.63) is 35.9 Å². The van der Waals surface area contributed by atoms with Gasteiger partial charge in [0.05, 0.1) is 6.54 Å². The van der Waals surface area contributed by atoms with Crippen molar-refractivity contribution in [2.75, 3.05) is 19.6 Å². The van der Waals surface area contributed by atoms with Crippen molar-refractivity contribution in [2.45, 2.75) is 19.2 Å². The number of hydroxylamine groups is 2. The van der Waals surface area contributed by atoms with Crippen LogP contribution in [0, 0.1) is 5.92 Å². The van der Waals surface area contributed by atoms with E-state index in [0.717, 1.165) is 0 Å². The highest BCUT2D eigenvalue weighted by Gasteiger charge is 2.44. The topological polar surface area (TPSA) is 67.9 Å². The van der Waals surface area contributed by atoms with E-state index in [1.165, 1.54) is 0 Å². The first-order valence-electron chi connectivity index (χ1n) is 7.34. The van der Waals surface area contributed by atoms with Crippen LogP contribution in [-0.4, -0.2) is 42.9 Å². The number of nitrogens with one attached hydrogen (secondary N) is 1. The van der Waals surface area contributed by atoms with Gasteiger partial charge in [0.2, 0.25) is 0 Å². The van der Waals surface area contributed by atoms with Gasteiger partial charge in [-0.05, 0) is 31.0 Å². The van der Waals surface area contributed by atoms with Gasteiger partial charge in [-0.2, -0.15) is 13.2 Å². The molecular weight excluding hydrogens is 329 g/mol. The van der Waals surface area contributed by atoms with Crippen LogP contribution in [0.2, 0.25) is 0 Å². The van der Waals surface area contributed by atoms with Crippen LogP contribution in [0.3, 0.4) is 0 Å². The molecule has 1 heterocycles. The van der Waals surface area contributed by atoms with Gasteiger partial charge in [0.25, 0.3) is 0 Å². The molecule has 0 bridgehead atoms. The van der Waals surface area contributed by atoms with E-state index in [4.69, 9.17) is 4.74 Å². The summed E-state index contributed by atoms with van der Waals surface area (Å²) in [6.45, 7) is 0.905. The molecule has 1 amide bonds. The molecule has 1 fully saturated rings. The van der Waals surface area contributed by atoms with Crippen molar-refractivity contribution >= 4 is 12.1 Å². The number of amides is 1. The average molecular weight is 346 g/mol.